The Kier molecular flexibility index (Phi) is 4.18. The van der Waals surface area contributed by atoms with E-state index in [9.17, 15) is 4.79 Å². The van der Waals surface area contributed by atoms with Gasteiger partial charge in [0.15, 0.2) is 0 Å². The molecule has 0 aliphatic heterocycles. The van der Waals surface area contributed by atoms with E-state index in [0.29, 0.717) is 4.90 Å². The van der Waals surface area contributed by atoms with Crippen molar-refractivity contribution in [2.45, 2.75) is 9.92 Å². The number of para-hydroxylation sites is 2. The molecule has 0 fully saturated rings. The largest absolute Gasteiger partial charge is 0.321 e. The number of nitrogens with one attached hydrogen (secondary N) is 1. The Morgan fingerprint density at radius 2 is 1.50 bits per heavy atom. The van der Waals surface area contributed by atoms with Crippen molar-refractivity contribution in [3.8, 4) is 11.1 Å². The summed E-state index contributed by atoms with van der Waals surface area (Å²) in [4.78, 5) is 21.4. The van der Waals surface area contributed by atoms with Gasteiger partial charge in [0.2, 0.25) is 0 Å². The minimum atomic E-state index is -0.0995. The van der Waals surface area contributed by atoms with Gasteiger partial charge in [-0.1, -0.05) is 84.6 Å². The first-order valence-electron chi connectivity index (χ1n) is 9.04. The topological polar surface area (TPSA) is 45.8 Å². The molecule has 0 aliphatic carbocycles. The van der Waals surface area contributed by atoms with E-state index >= 15 is 0 Å². The number of pyridine rings is 2. The third-order valence-corrected chi connectivity index (χ3v) is 5.75. The van der Waals surface area contributed by atoms with Crippen molar-refractivity contribution in [3.63, 3.8) is 0 Å². The molecule has 0 amide bonds. The summed E-state index contributed by atoms with van der Waals surface area (Å²) >= 11 is 1.41. The number of H-pyrrole nitrogens is 1. The van der Waals surface area contributed by atoms with Crippen LogP contribution in [0.4, 0.5) is 0 Å². The lowest BCUT2D eigenvalue weighted by atomic mass is 10.0. The van der Waals surface area contributed by atoms with E-state index in [2.05, 4.69) is 4.98 Å². The van der Waals surface area contributed by atoms with Gasteiger partial charge >= 0.3 is 0 Å². The molecule has 4 heteroatoms. The highest BCUT2D eigenvalue weighted by Gasteiger charge is 2.16. The second kappa shape index (κ2) is 6.98. The van der Waals surface area contributed by atoms with E-state index < -0.39 is 0 Å². The molecule has 2 aromatic heterocycles. The van der Waals surface area contributed by atoms with E-state index in [-0.39, 0.29) is 5.56 Å². The minimum Gasteiger partial charge on any atom is -0.321 e. The summed E-state index contributed by atoms with van der Waals surface area (Å²) in [7, 11) is 0. The molecule has 0 unspecified atom stereocenters. The fraction of sp³-hybridized carbons (Fsp3) is 0. The van der Waals surface area contributed by atoms with Crippen molar-refractivity contribution in [3.05, 3.63) is 101 Å². The highest BCUT2D eigenvalue weighted by Crippen LogP contribution is 2.37. The lowest BCUT2D eigenvalue weighted by Gasteiger charge is -2.12. The number of benzene rings is 3. The minimum absolute atomic E-state index is 0.0995. The second-order valence-electron chi connectivity index (χ2n) is 6.51. The van der Waals surface area contributed by atoms with Crippen LogP contribution >= 0.6 is 11.8 Å². The lowest BCUT2D eigenvalue weighted by molar-refractivity contribution is 1.16. The summed E-state index contributed by atoms with van der Waals surface area (Å²) in [5.74, 6) is 0. The molecule has 0 bridgehead atoms. The summed E-state index contributed by atoms with van der Waals surface area (Å²) in [5.41, 5.74) is 3.62. The van der Waals surface area contributed by atoms with Gasteiger partial charge in [-0.25, -0.2) is 4.98 Å². The van der Waals surface area contributed by atoms with Gasteiger partial charge in [-0.15, -0.1) is 0 Å². The van der Waals surface area contributed by atoms with E-state index in [0.717, 1.165) is 38.0 Å². The maximum Gasteiger partial charge on any atom is 0.263 e. The molecular weight excluding hydrogens is 364 g/mol. The number of nitrogens with zero attached hydrogens (tertiary/aromatic N) is 1. The molecule has 0 spiro atoms. The standard InChI is InChI=1S/C24H16N2OS/c27-24-23(28-21-15-14-16-8-4-6-12-19(16)25-21)22(17-9-2-1-3-10-17)18-11-5-7-13-20(18)26-24/h1-15H,(H,26,27). The number of fused-ring (bicyclic) bond motifs is 2. The van der Waals surface area contributed by atoms with Crippen LogP contribution in [0.15, 0.2) is 106 Å². The van der Waals surface area contributed by atoms with Crippen molar-refractivity contribution >= 4 is 33.6 Å². The summed E-state index contributed by atoms with van der Waals surface area (Å²) < 4.78 is 0. The van der Waals surface area contributed by atoms with Crippen LogP contribution in [0.5, 0.6) is 0 Å². The average Bonchev–Trinajstić information content (AvgIpc) is 2.75. The number of hydrogen-bond acceptors (Lipinski definition) is 3. The van der Waals surface area contributed by atoms with E-state index in [1.165, 1.54) is 11.8 Å². The number of hydrogen-bond donors (Lipinski definition) is 1. The first-order chi connectivity index (χ1) is 13.8. The third-order valence-electron chi connectivity index (χ3n) is 4.72. The maximum atomic E-state index is 13.0. The molecule has 28 heavy (non-hydrogen) atoms. The smallest absolute Gasteiger partial charge is 0.263 e. The quantitative estimate of drug-likeness (QED) is 0.424. The van der Waals surface area contributed by atoms with Crippen LogP contribution in [0.3, 0.4) is 0 Å². The Bertz CT molecular complexity index is 1360. The molecule has 1 N–H and O–H groups in total. The fourth-order valence-corrected chi connectivity index (χ4v) is 4.39. The average molecular weight is 380 g/mol. The summed E-state index contributed by atoms with van der Waals surface area (Å²) in [5, 5.41) is 2.91. The molecule has 0 atom stereocenters. The van der Waals surface area contributed by atoms with Gasteiger partial charge in [0, 0.05) is 21.9 Å². The summed E-state index contributed by atoms with van der Waals surface area (Å²) in [6.07, 6.45) is 0. The molecule has 5 rings (SSSR count). The van der Waals surface area contributed by atoms with Crippen LogP contribution < -0.4 is 5.56 Å². The van der Waals surface area contributed by atoms with Crippen LogP contribution in [0.1, 0.15) is 0 Å². The Morgan fingerprint density at radius 3 is 2.39 bits per heavy atom. The third kappa shape index (κ3) is 2.98. The van der Waals surface area contributed by atoms with Crippen molar-refractivity contribution in [2.24, 2.45) is 0 Å². The second-order valence-corrected chi connectivity index (χ2v) is 7.54. The molecule has 0 aliphatic rings. The molecule has 3 nitrogen and oxygen atoms in total. The Morgan fingerprint density at radius 1 is 0.750 bits per heavy atom. The molecule has 0 saturated carbocycles. The Balaban J connectivity index is 1.74. The maximum absolute atomic E-state index is 13.0. The van der Waals surface area contributed by atoms with Gasteiger partial charge in [-0.2, -0.15) is 0 Å². The van der Waals surface area contributed by atoms with Gasteiger partial charge in [0.05, 0.1) is 10.4 Å². The molecule has 2 heterocycles. The van der Waals surface area contributed by atoms with Gasteiger partial charge < -0.3 is 4.98 Å². The number of aromatic nitrogens is 2. The van der Waals surface area contributed by atoms with Gasteiger partial charge in [0.25, 0.3) is 5.56 Å². The first kappa shape index (κ1) is 16.8. The monoisotopic (exact) mass is 380 g/mol. The highest BCUT2D eigenvalue weighted by molar-refractivity contribution is 7.99. The van der Waals surface area contributed by atoms with Gasteiger partial charge in [0.1, 0.15) is 5.03 Å². The Labute approximate surface area is 166 Å². The zero-order valence-electron chi connectivity index (χ0n) is 14.9. The molecule has 134 valence electrons. The van der Waals surface area contributed by atoms with Crippen LogP contribution in [0.2, 0.25) is 0 Å². The van der Waals surface area contributed by atoms with Crippen molar-refractivity contribution in [2.75, 3.05) is 0 Å². The van der Waals surface area contributed by atoms with Gasteiger partial charge in [-0.3, -0.25) is 4.79 Å². The normalized spacial score (nSPS) is 11.1. The van der Waals surface area contributed by atoms with E-state index in [4.69, 9.17) is 4.98 Å². The molecule has 5 aromatic rings. The van der Waals surface area contributed by atoms with Crippen molar-refractivity contribution < 1.29 is 0 Å². The van der Waals surface area contributed by atoms with Crippen LogP contribution in [-0.2, 0) is 0 Å². The first-order valence-corrected chi connectivity index (χ1v) is 9.85. The molecular formula is C24H16N2OS. The predicted molar refractivity (Wildman–Crippen MR) is 116 cm³/mol. The molecule has 0 radical (unpaired) electrons. The zero-order valence-corrected chi connectivity index (χ0v) is 15.7. The zero-order chi connectivity index (χ0) is 18.9. The summed E-state index contributed by atoms with van der Waals surface area (Å²) in [6, 6.07) is 30.0. The SMILES string of the molecule is O=c1[nH]c2ccccc2c(-c2ccccc2)c1Sc1ccc2ccccc2n1. The molecule has 3 aromatic carbocycles. The molecule has 0 saturated heterocycles. The van der Waals surface area contributed by atoms with Crippen molar-refractivity contribution in [1.29, 1.82) is 0 Å². The highest BCUT2D eigenvalue weighted by atomic mass is 32.2. The van der Waals surface area contributed by atoms with Crippen LogP contribution in [-0.4, -0.2) is 9.97 Å². The van der Waals surface area contributed by atoms with E-state index in [1.54, 1.807) is 0 Å². The summed E-state index contributed by atoms with van der Waals surface area (Å²) in [6.45, 7) is 0. The van der Waals surface area contributed by atoms with Crippen LogP contribution in [0, 0.1) is 0 Å². The van der Waals surface area contributed by atoms with Gasteiger partial charge in [-0.05, 0) is 23.8 Å². The van der Waals surface area contributed by atoms with E-state index in [1.807, 2.05) is 91.0 Å². The fourth-order valence-electron chi connectivity index (χ4n) is 3.42. The number of rotatable bonds is 3. The predicted octanol–water partition coefficient (Wildman–Crippen LogP) is 5.89. The Hall–Kier alpha value is -3.37. The number of aromatic amines is 1. The lowest BCUT2D eigenvalue weighted by Crippen LogP contribution is -2.10. The van der Waals surface area contributed by atoms with Crippen molar-refractivity contribution in [1.82, 2.24) is 9.97 Å². The van der Waals surface area contributed by atoms with Crippen LogP contribution in [0.25, 0.3) is 32.9 Å².